The molecule has 0 bridgehead atoms. The SMILES string of the molecule is C=C(C#N)/C=C\C(=C)Cn1cnc2c(Cl)nc(Cl)nc21. The second kappa shape index (κ2) is 5.87. The van der Waals surface area contributed by atoms with Crippen LogP contribution >= 0.6 is 23.2 Å². The number of hydrogen-bond acceptors (Lipinski definition) is 4. The summed E-state index contributed by atoms with van der Waals surface area (Å²) in [7, 11) is 0. The highest BCUT2D eigenvalue weighted by atomic mass is 35.5. The lowest BCUT2D eigenvalue weighted by atomic mass is 10.2. The minimum Gasteiger partial charge on any atom is -0.311 e. The summed E-state index contributed by atoms with van der Waals surface area (Å²) in [5.74, 6) is 0. The Bertz CT molecular complexity index is 767. The van der Waals surface area contributed by atoms with Crippen LogP contribution in [0.15, 0.2) is 42.8 Å². The number of allylic oxidation sites excluding steroid dienone is 4. The molecule has 0 saturated heterocycles. The van der Waals surface area contributed by atoms with Crippen molar-refractivity contribution in [1.29, 1.82) is 5.26 Å². The molecule has 0 aliphatic carbocycles. The molecule has 0 unspecified atom stereocenters. The Hall–Kier alpha value is -2.16. The summed E-state index contributed by atoms with van der Waals surface area (Å²) >= 11 is 11.7. The summed E-state index contributed by atoms with van der Waals surface area (Å²) in [4.78, 5) is 12.1. The van der Waals surface area contributed by atoms with Crippen LogP contribution in [0.1, 0.15) is 0 Å². The Kier molecular flexibility index (Phi) is 4.18. The fraction of sp³-hybridized carbons (Fsp3) is 0.0769. The molecule has 5 nitrogen and oxygen atoms in total. The van der Waals surface area contributed by atoms with Crippen molar-refractivity contribution < 1.29 is 0 Å². The van der Waals surface area contributed by atoms with Gasteiger partial charge < -0.3 is 4.57 Å². The summed E-state index contributed by atoms with van der Waals surface area (Å²) < 4.78 is 1.75. The van der Waals surface area contributed by atoms with Crippen LogP contribution in [0.4, 0.5) is 0 Å². The monoisotopic (exact) mass is 305 g/mol. The zero-order valence-corrected chi connectivity index (χ0v) is 11.9. The van der Waals surface area contributed by atoms with Gasteiger partial charge in [-0.05, 0) is 23.3 Å². The molecule has 2 rings (SSSR count). The summed E-state index contributed by atoms with van der Waals surface area (Å²) in [6.45, 7) is 7.88. The predicted molar refractivity (Wildman–Crippen MR) is 78.4 cm³/mol. The molecule has 2 aromatic heterocycles. The number of hydrogen-bond donors (Lipinski definition) is 0. The maximum Gasteiger partial charge on any atom is 0.225 e. The lowest BCUT2D eigenvalue weighted by Crippen LogP contribution is -1.99. The van der Waals surface area contributed by atoms with E-state index in [1.165, 1.54) is 0 Å². The molecule has 0 spiro atoms. The van der Waals surface area contributed by atoms with E-state index in [0.29, 0.717) is 23.3 Å². The van der Waals surface area contributed by atoms with Gasteiger partial charge in [-0.15, -0.1) is 0 Å². The number of aromatic nitrogens is 4. The Morgan fingerprint density at radius 2 is 2.10 bits per heavy atom. The van der Waals surface area contributed by atoms with Crippen LogP contribution in [0.25, 0.3) is 11.2 Å². The molecule has 0 aliphatic heterocycles. The van der Waals surface area contributed by atoms with Gasteiger partial charge in [-0.2, -0.15) is 10.2 Å². The number of fused-ring (bicyclic) bond motifs is 1. The highest BCUT2D eigenvalue weighted by Gasteiger charge is 2.10. The zero-order valence-electron chi connectivity index (χ0n) is 10.3. The Balaban J connectivity index is 2.27. The van der Waals surface area contributed by atoms with Gasteiger partial charge in [0.1, 0.15) is 5.52 Å². The molecule has 0 amide bonds. The Morgan fingerprint density at radius 3 is 2.80 bits per heavy atom. The van der Waals surface area contributed by atoms with Crippen molar-refractivity contribution in [3.63, 3.8) is 0 Å². The van der Waals surface area contributed by atoms with Crippen LogP contribution in [0.5, 0.6) is 0 Å². The van der Waals surface area contributed by atoms with Crippen LogP contribution in [0, 0.1) is 11.3 Å². The molecule has 2 heterocycles. The Labute approximate surface area is 125 Å². The fourth-order valence-corrected chi connectivity index (χ4v) is 1.95. The molecule has 0 N–H and O–H groups in total. The largest absolute Gasteiger partial charge is 0.311 e. The number of imidazole rings is 1. The topological polar surface area (TPSA) is 67.4 Å². The maximum absolute atomic E-state index is 8.61. The van der Waals surface area contributed by atoms with Gasteiger partial charge in [0.25, 0.3) is 0 Å². The third-order valence-electron chi connectivity index (χ3n) is 2.43. The van der Waals surface area contributed by atoms with Crippen molar-refractivity contribution in [1.82, 2.24) is 19.5 Å². The number of rotatable bonds is 4. The lowest BCUT2D eigenvalue weighted by Gasteiger charge is -2.03. The molecule has 0 atom stereocenters. The summed E-state index contributed by atoms with van der Waals surface area (Å²) in [5, 5.41) is 8.88. The normalized spacial score (nSPS) is 10.8. The average Bonchev–Trinajstić information content (AvgIpc) is 2.79. The maximum atomic E-state index is 8.61. The average molecular weight is 306 g/mol. The first-order chi connectivity index (χ1) is 9.51. The molecule has 7 heteroatoms. The lowest BCUT2D eigenvalue weighted by molar-refractivity contribution is 0.814. The number of halogens is 2. The second-order valence-electron chi connectivity index (χ2n) is 3.96. The molecule has 0 radical (unpaired) electrons. The molecule has 0 fully saturated rings. The first kappa shape index (κ1) is 14.3. The van der Waals surface area contributed by atoms with Crippen molar-refractivity contribution >= 4 is 34.4 Å². The molecule has 2 aromatic rings. The van der Waals surface area contributed by atoms with Crippen molar-refractivity contribution in [3.8, 4) is 6.07 Å². The summed E-state index contributed by atoms with van der Waals surface area (Å²) in [6.07, 6.45) is 4.89. The first-order valence-corrected chi connectivity index (χ1v) is 6.25. The van der Waals surface area contributed by atoms with E-state index in [1.807, 2.05) is 6.07 Å². The van der Waals surface area contributed by atoms with Gasteiger partial charge >= 0.3 is 0 Å². The highest BCUT2D eigenvalue weighted by Crippen LogP contribution is 2.21. The first-order valence-electron chi connectivity index (χ1n) is 5.50. The van der Waals surface area contributed by atoms with E-state index in [2.05, 4.69) is 28.1 Å². The summed E-state index contributed by atoms with van der Waals surface area (Å²) in [5.41, 5.74) is 2.12. The summed E-state index contributed by atoms with van der Waals surface area (Å²) in [6, 6.07) is 1.93. The van der Waals surface area contributed by atoms with Crippen molar-refractivity contribution in [2.24, 2.45) is 0 Å². The smallest absolute Gasteiger partial charge is 0.225 e. The van der Waals surface area contributed by atoms with Gasteiger partial charge in [0.15, 0.2) is 10.8 Å². The van der Waals surface area contributed by atoms with E-state index < -0.39 is 0 Å². The van der Waals surface area contributed by atoms with Gasteiger partial charge in [-0.3, -0.25) is 0 Å². The minimum atomic E-state index is 0.0586. The molecule has 20 heavy (non-hydrogen) atoms. The van der Waals surface area contributed by atoms with E-state index in [4.69, 9.17) is 28.5 Å². The van der Waals surface area contributed by atoms with E-state index in [0.717, 1.165) is 5.57 Å². The van der Waals surface area contributed by atoms with Gasteiger partial charge in [-0.1, -0.05) is 30.8 Å². The van der Waals surface area contributed by atoms with Crippen molar-refractivity contribution in [2.75, 3.05) is 0 Å². The minimum absolute atomic E-state index is 0.0586. The van der Waals surface area contributed by atoms with Gasteiger partial charge in [0, 0.05) is 12.1 Å². The van der Waals surface area contributed by atoms with Crippen molar-refractivity contribution in [3.05, 3.63) is 53.2 Å². The predicted octanol–water partition coefficient (Wildman–Crippen LogP) is 3.33. The molecule has 0 aliphatic rings. The van der Waals surface area contributed by atoms with E-state index in [1.54, 1.807) is 23.0 Å². The van der Waals surface area contributed by atoms with Gasteiger partial charge in [0.2, 0.25) is 5.28 Å². The van der Waals surface area contributed by atoms with Crippen LogP contribution < -0.4 is 0 Å². The van der Waals surface area contributed by atoms with Crippen LogP contribution in [0.2, 0.25) is 10.4 Å². The molecular weight excluding hydrogens is 297 g/mol. The third-order valence-corrected chi connectivity index (χ3v) is 2.86. The van der Waals surface area contributed by atoms with Crippen molar-refractivity contribution in [2.45, 2.75) is 6.54 Å². The molecule has 0 saturated carbocycles. The quantitative estimate of drug-likeness (QED) is 0.376. The van der Waals surface area contributed by atoms with Crippen LogP contribution in [-0.2, 0) is 6.54 Å². The van der Waals surface area contributed by atoms with Crippen LogP contribution in [0.3, 0.4) is 0 Å². The van der Waals surface area contributed by atoms with Crippen LogP contribution in [-0.4, -0.2) is 19.5 Å². The highest BCUT2D eigenvalue weighted by molar-refractivity contribution is 6.35. The number of nitrogens with zero attached hydrogens (tertiary/aromatic N) is 5. The zero-order chi connectivity index (χ0) is 14.7. The fourth-order valence-electron chi connectivity index (χ4n) is 1.53. The van der Waals surface area contributed by atoms with E-state index in [-0.39, 0.29) is 10.4 Å². The second-order valence-corrected chi connectivity index (χ2v) is 4.65. The van der Waals surface area contributed by atoms with E-state index >= 15 is 0 Å². The molecule has 0 aromatic carbocycles. The standard InChI is InChI=1S/C13H9Cl2N5/c1-8(5-16)3-4-9(2)6-20-7-17-10-11(14)18-13(15)19-12(10)20/h3-4,7H,1-2,6H2/b4-3-. The van der Waals surface area contributed by atoms with Gasteiger partial charge in [-0.25, -0.2) is 9.97 Å². The van der Waals surface area contributed by atoms with E-state index in [9.17, 15) is 0 Å². The molecular formula is C13H9Cl2N5. The van der Waals surface area contributed by atoms with Gasteiger partial charge in [0.05, 0.1) is 12.4 Å². The Morgan fingerprint density at radius 1 is 1.35 bits per heavy atom. The third kappa shape index (κ3) is 3.05. The molecule has 100 valence electrons. The number of nitriles is 1.